The van der Waals surface area contributed by atoms with Crippen LogP contribution in [0.5, 0.6) is 0 Å². The van der Waals surface area contributed by atoms with E-state index in [1.807, 2.05) is 0 Å². The van der Waals surface area contributed by atoms with Crippen LogP contribution in [0.1, 0.15) is 24.5 Å². The Morgan fingerprint density at radius 2 is 1.95 bits per heavy atom. The Morgan fingerprint density at radius 3 is 2.42 bits per heavy atom. The number of ketones is 1. The molecule has 0 amide bonds. The first-order valence-corrected chi connectivity index (χ1v) is 5.45. The van der Waals surface area contributed by atoms with Gasteiger partial charge in [-0.3, -0.25) is 19.7 Å². The lowest BCUT2D eigenvalue weighted by Crippen LogP contribution is -2.12. The van der Waals surface area contributed by atoms with Gasteiger partial charge in [0.05, 0.1) is 18.1 Å². The topological polar surface area (TPSA) is 107 Å². The van der Waals surface area contributed by atoms with Gasteiger partial charge in [0.15, 0.2) is 0 Å². The second kappa shape index (κ2) is 6.60. The summed E-state index contributed by atoms with van der Waals surface area (Å²) in [6.45, 7) is 0. The van der Waals surface area contributed by atoms with Crippen molar-refractivity contribution in [3.05, 3.63) is 39.9 Å². The van der Waals surface area contributed by atoms with Gasteiger partial charge < -0.3 is 9.84 Å². The monoisotopic (exact) mass is 267 g/mol. The van der Waals surface area contributed by atoms with Gasteiger partial charge in [-0.2, -0.15) is 0 Å². The van der Waals surface area contributed by atoms with Crippen molar-refractivity contribution >= 4 is 17.4 Å². The minimum atomic E-state index is -1.10. The van der Waals surface area contributed by atoms with E-state index in [2.05, 4.69) is 4.74 Å². The molecule has 0 aliphatic heterocycles. The van der Waals surface area contributed by atoms with Gasteiger partial charge in [0.1, 0.15) is 12.2 Å². The van der Waals surface area contributed by atoms with Crippen LogP contribution in [0.4, 0.5) is 5.69 Å². The fourth-order valence-electron chi connectivity index (χ4n) is 1.46. The molecule has 0 aromatic heterocycles. The predicted octanol–water partition coefficient (Wildman–Crippen LogP) is 1.15. The van der Waals surface area contributed by atoms with Crippen molar-refractivity contribution < 1.29 is 24.4 Å². The van der Waals surface area contributed by atoms with Gasteiger partial charge in [0.25, 0.3) is 5.69 Å². The third-order valence-electron chi connectivity index (χ3n) is 2.48. The molecule has 0 aliphatic rings. The number of esters is 1. The van der Waals surface area contributed by atoms with E-state index in [4.69, 9.17) is 0 Å². The number of nitro benzene ring substituents is 1. The number of hydrogen-bond donors (Lipinski definition) is 1. The normalized spacial score (nSPS) is 11.7. The zero-order chi connectivity index (χ0) is 14.4. The van der Waals surface area contributed by atoms with Gasteiger partial charge >= 0.3 is 5.97 Å². The Kier molecular flexibility index (Phi) is 5.13. The van der Waals surface area contributed by atoms with Gasteiger partial charge in [0.2, 0.25) is 0 Å². The summed E-state index contributed by atoms with van der Waals surface area (Å²) in [6.07, 6.45) is -1.74. The number of nitro groups is 1. The number of benzene rings is 1. The maximum Gasteiger partial charge on any atom is 0.313 e. The van der Waals surface area contributed by atoms with E-state index in [-0.39, 0.29) is 12.1 Å². The fourth-order valence-corrected chi connectivity index (χ4v) is 1.46. The minimum Gasteiger partial charge on any atom is -0.469 e. The van der Waals surface area contributed by atoms with Gasteiger partial charge in [-0.1, -0.05) is 0 Å². The molecular weight excluding hydrogens is 254 g/mol. The highest BCUT2D eigenvalue weighted by molar-refractivity contribution is 5.95. The van der Waals surface area contributed by atoms with Crippen molar-refractivity contribution in [3.63, 3.8) is 0 Å². The summed E-state index contributed by atoms with van der Waals surface area (Å²) in [5.74, 6) is -1.13. The average molecular weight is 267 g/mol. The lowest BCUT2D eigenvalue weighted by atomic mass is 10.0. The number of carbonyl (C=O) groups is 2. The molecule has 19 heavy (non-hydrogen) atoms. The zero-order valence-electron chi connectivity index (χ0n) is 10.2. The largest absolute Gasteiger partial charge is 0.469 e. The van der Waals surface area contributed by atoms with Crippen LogP contribution in [0, 0.1) is 10.1 Å². The quantitative estimate of drug-likeness (QED) is 0.358. The van der Waals surface area contributed by atoms with E-state index in [9.17, 15) is 24.8 Å². The number of aliphatic hydroxyl groups excluding tert-OH is 1. The number of methoxy groups -OCH3 is 1. The van der Waals surface area contributed by atoms with Gasteiger partial charge in [-0.15, -0.1) is 0 Å². The number of hydrogen-bond acceptors (Lipinski definition) is 6. The Bertz CT molecular complexity index is 481. The summed E-state index contributed by atoms with van der Waals surface area (Å²) >= 11 is 0. The minimum absolute atomic E-state index is 0.100. The summed E-state index contributed by atoms with van der Waals surface area (Å²) in [6, 6.07) is 5.22. The second-order valence-electron chi connectivity index (χ2n) is 3.86. The zero-order valence-corrected chi connectivity index (χ0v) is 10.2. The van der Waals surface area contributed by atoms with Crippen LogP contribution in [-0.2, 0) is 14.3 Å². The van der Waals surface area contributed by atoms with Crippen LogP contribution in [-0.4, -0.2) is 28.9 Å². The maximum atomic E-state index is 11.4. The molecule has 0 saturated carbocycles. The fraction of sp³-hybridized carbons (Fsp3) is 0.333. The maximum absolute atomic E-state index is 11.4. The summed E-state index contributed by atoms with van der Waals surface area (Å²) < 4.78 is 4.33. The van der Waals surface area contributed by atoms with E-state index in [0.717, 1.165) is 0 Å². The Hall–Kier alpha value is -2.28. The van der Waals surface area contributed by atoms with E-state index in [1.165, 1.54) is 31.4 Å². The highest BCUT2D eigenvalue weighted by Gasteiger charge is 2.17. The van der Waals surface area contributed by atoms with Gasteiger partial charge in [0, 0.05) is 18.6 Å². The molecular formula is C12H13NO6. The number of Topliss-reactive ketones (excluding diaryl/α,β-unsaturated/α-hetero) is 1. The standard InChI is InChI=1S/C12H13NO6/c1-19-12(16)7-10(14)6-11(15)8-2-4-9(5-3-8)13(17)18/h2-5,11,15H,6-7H2,1H3. The molecule has 0 heterocycles. The van der Waals surface area contributed by atoms with Crippen LogP contribution in [0.25, 0.3) is 0 Å². The van der Waals surface area contributed by atoms with Crippen LogP contribution in [0.2, 0.25) is 0 Å². The summed E-state index contributed by atoms with van der Waals surface area (Å²) in [4.78, 5) is 32.2. The second-order valence-corrected chi connectivity index (χ2v) is 3.86. The molecule has 1 unspecified atom stereocenters. The molecule has 1 atom stereocenters. The highest BCUT2D eigenvalue weighted by Crippen LogP contribution is 2.20. The number of ether oxygens (including phenoxy) is 1. The summed E-state index contributed by atoms with van der Waals surface area (Å²) in [7, 11) is 1.17. The van der Waals surface area contributed by atoms with Crippen LogP contribution < -0.4 is 0 Å². The molecule has 1 aromatic rings. The first kappa shape index (κ1) is 14.8. The average Bonchev–Trinajstić information content (AvgIpc) is 2.38. The molecule has 0 radical (unpaired) electrons. The number of nitrogens with zero attached hydrogens (tertiary/aromatic N) is 1. The highest BCUT2D eigenvalue weighted by atomic mass is 16.6. The number of rotatable bonds is 6. The Balaban J connectivity index is 2.62. The lowest BCUT2D eigenvalue weighted by Gasteiger charge is -2.09. The number of non-ortho nitro benzene ring substituents is 1. The van der Waals surface area contributed by atoms with Gasteiger partial charge in [-0.05, 0) is 17.7 Å². The predicted molar refractivity (Wildman–Crippen MR) is 64.3 cm³/mol. The molecule has 0 saturated heterocycles. The Labute approximate surface area is 109 Å². The van der Waals surface area contributed by atoms with Crippen molar-refractivity contribution in [3.8, 4) is 0 Å². The molecule has 1 aromatic carbocycles. The molecule has 1 rings (SSSR count). The van der Waals surface area contributed by atoms with E-state index < -0.39 is 29.2 Å². The third kappa shape index (κ3) is 4.47. The first-order valence-electron chi connectivity index (χ1n) is 5.45. The molecule has 7 heteroatoms. The first-order chi connectivity index (χ1) is 8.93. The van der Waals surface area contributed by atoms with Crippen molar-refractivity contribution in [1.82, 2.24) is 0 Å². The van der Waals surface area contributed by atoms with Crippen molar-refractivity contribution in [2.24, 2.45) is 0 Å². The summed E-state index contributed by atoms with van der Waals surface area (Å²) in [5.41, 5.74) is 0.278. The lowest BCUT2D eigenvalue weighted by molar-refractivity contribution is -0.384. The van der Waals surface area contributed by atoms with E-state index in [0.29, 0.717) is 5.56 Å². The number of aliphatic hydroxyl groups is 1. The van der Waals surface area contributed by atoms with Crippen molar-refractivity contribution in [2.45, 2.75) is 18.9 Å². The van der Waals surface area contributed by atoms with Crippen molar-refractivity contribution in [2.75, 3.05) is 7.11 Å². The smallest absolute Gasteiger partial charge is 0.313 e. The summed E-state index contributed by atoms with van der Waals surface area (Å²) in [5, 5.41) is 20.2. The van der Waals surface area contributed by atoms with E-state index in [1.54, 1.807) is 0 Å². The molecule has 0 aliphatic carbocycles. The number of carbonyl (C=O) groups excluding carboxylic acids is 2. The van der Waals surface area contributed by atoms with E-state index >= 15 is 0 Å². The van der Waals surface area contributed by atoms with Crippen molar-refractivity contribution in [1.29, 1.82) is 0 Å². The molecule has 1 N–H and O–H groups in total. The molecule has 102 valence electrons. The van der Waals surface area contributed by atoms with Crippen LogP contribution in [0.3, 0.4) is 0 Å². The molecule has 0 spiro atoms. The SMILES string of the molecule is COC(=O)CC(=O)CC(O)c1ccc([N+](=O)[O-])cc1. The molecule has 0 bridgehead atoms. The molecule has 0 fully saturated rings. The third-order valence-corrected chi connectivity index (χ3v) is 2.48. The molecule has 7 nitrogen and oxygen atoms in total. The van der Waals surface area contributed by atoms with Gasteiger partial charge in [-0.25, -0.2) is 0 Å². The van der Waals surface area contributed by atoms with Crippen LogP contribution >= 0.6 is 0 Å². The Morgan fingerprint density at radius 1 is 1.37 bits per heavy atom. The van der Waals surface area contributed by atoms with Crippen LogP contribution in [0.15, 0.2) is 24.3 Å².